The third-order valence-corrected chi connectivity index (χ3v) is 6.32. The highest BCUT2D eigenvalue weighted by Gasteiger charge is 2.32. The highest BCUT2D eigenvalue weighted by molar-refractivity contribution is 7.86. The number of aromatic nitrogens is 2. The summed E-state index contributed by atoms with van der Waals surface area (Å²) < 4.78 is 28.6. The van der Waals surface area contributed by atoms with Crippen LogP contribution in [0.4, 0.5) is 0 Å². The smallest absolute Gasteiger partial charge is 0.282 e. The molecule has 1 aromatic rings. The molecule has 0 saturated carbocycles. The van der Waals surface area contributed by atoms with Crippen molar-refractivity contribution in [2.45, 2.75) is 40.0 Å². The van der Waals surface area contributed by atoms with Gasteiger partial charge in [0.2, 0.25) is 5.91 Å². The maximum atomic E-state index is 12.8. The SMILES string of the molecule is CCCN(CCC)S(=O)(=O)N1CCN(C(=O)Cc2cc(C)[nH]n2)CC1. The third kappa shape index (κ3) is 5.02. The van der Waals surface area contributed by atoms with Gasteiger partial charge in [-0.25, -0.2) is 0 Å². The molecule has 1 N–H and O–H groups in total. The first-order valence-corrected chi connectivity index (χ1v) is 10.3. The summed E-state index contributed by atoms with van der Waals surface area (Å²) in [6.45, 7) is 8.46. The molecule has 0 unspecified atom stereocenters. The molecular weight excluding hydrogens is 342 g/mol. The fourth-order valence-corrected chi connectivity index (χ4v) is 4.78. The Morgan fingerprint density at radius 1 is 1.20 bits per heavy atom. The van der Waals surface area contributed by atoms with E-state index < -0.39 is 10.2 Å². The largest absolute Gasteiger partial charge is 0.340 e. The molecule has 0 aliphatic carbocycles. The zero-order valence-electron chi connectivity index (χ0n) is 15.4. The van der Waals surface area contributed by atoms with E-state index >= 15 is 0 Å². The fraction of sp³-hybridized carbons (Fsp3) is 0.750. The van der Waals surface area contributed by atoms with Crippen LogP contribution in [0.2, 0.25) is 0 Å². The maximum absolute atomic E-state index is 12.8. The normalized spacial score (nSPS) is 16.6. The van der Waals surface area contributed by atoms with Gasteiger partial charge in [0, 0.05) is 45.0 Å². The van der Waals surface area contributed by atoms with Crippen molar-refractivity contribution in [2.75, 3.05) is 39.3 Å². The lowest BCUT2D eigenvalue weighted by atomic mass is 10.2. The lowest BCUT2D eigenvalue weighted by molar-refractivity contribution is -0.131. The van der Waals surface area contributed by atoms with E-state index in [1.165, 1.54) is 4.31 Å². The lowest BCUT2D eigenvalue weighted by Gasteiger charge is -2.36. The molecule has 0 spiro atoms. The Balaban J connectivity index is 1.92. The molecule has 0 aromatic carbocycles. The van der Waals surface area contributed by atoms with Crippen molar-refractivity contribution in [1.29, 1.82) is 0 Å². The van der Waals surface area contributed by atoms with Crippen LogP contribution in [0.3, 0.4) is 0 Å². The Bertz CT molecular complexity index is 659. The van der Waals surface area contributed by atoms with Gasteiger partial charge < -0.3 is 4.90 Å². The van der Waals surface area contributed by atoms with Crippen LogP contribution in [0.15, 0.2) is 6.07 Å². The molecular formula is C16H29N5O3S. The number of nitrogens with one attached hydrogen (secondary N) is 1. The minimum Gasteiger partial charge on any atom is -0.340 e. The summed E-state index contributed by atoms with van der Waals surface area (Å²) in [4.78, 5) is 14.1. The number of carbonyl (C=O) groups is 1. The van der Waals surface area contributed by atoms with Crippen molar-refractivity contribution < 1.29 is 13.2 Å². The number of carbonyl (C=O) groups excluding carboxylic acids is 1. The molecule has 1 saturated heterocycles. The van der Waals surface area contributed by atoms with Crippen LogP contribution in [0.1, 0.15) is 38.1 Å². The van der Waals surface area contributed by atoms with Crippen LogP contribution < -0.4 is 0 Å². The van der Waals surface area contributed by atoms with Gasteiger partial charge in [-0.1, -0.05) is 13.8 Å². The minimum atomic E-state index is -3.44. The van der Waals surface area contributed by atoms with Gasteiger partial charge in [0.1, 0.15) is 0 Å². The molecule has 25 heavy (non-hydrogen) atoms. The first kappa shape index (κ1) is 19.9. The van der Waals surface area contributed by atoms with Crippen LogP contribution in [0.5, 0.6) is 0 Å². The quantitative estimate of drug-likeness (QED) is 0.731. The molecule has 0 radical (unpaired) electrons. The van der Waals surface area contributed by atoms with Crippen molar-refractivity contribution in [2.24, 2.45) is 0 Å². The molecule has 9 heteroatoms. The van der Waals surface area contributed by atoms with E-state index in [1.807, 2.05) is 26.8 Å². The van der Waals surface area contributed by atoms with Gasteiger partial charge >= 0.3 is 0 Å². The number of nitrogens with zero attached hydrogens (tertiary/aromatic N) is 4. The van der Waals surface area contributed by atoms with Crippen LogP contribution in [-0.2, 0) is 21.4 Å². The van der Waals surface area contributed by atoms with Crippen LogP contribution in [0.25, 0.3) is 0 Å². The number of aromatic amines is 1. The standard InChI is InChI=1S/C16H29N5O3S/c1-4-6-20(7-5-2)25(23,24)21-10-8-19(9-11-21)16(22)13-15-12-14(3)17-18-15/h12H,4-11,13H2,1-3H3,(H,17,18). The molecule has 1 amide bonds. The zero-order chi connectivity index (χ0) is 18.4. The highest BCUT2D eigenvalue weighted by Crippen LogP contribution is 2.14. The Labute approximate surface area is 150 Å². The molecule has 1 aliphatic heterocycles. The second kappa shape index (κ2) is 8.77. The van der Waals surface area contributed by atoms with Gasteiger partial charge in [-0.2, -0.15) is 22.1 Å². The zero-order valence-corrected chi connectivity index (χ0v) is 16.2. The van der Waals surface area contributed by atoms with Gasteiger partial charge in [0.15, 0.2) is 0 Å². The predicted molar refractivity (Wildman–Crippen MR) is 96.3 cm³/mol. The first-order valence-electron chi connectivity index (χ1n) is 8.92. The minimum absolute atomic E-state index is 0.0116. The number of rotatable bonds is 8. The molecule has 8 nitrogen and oxygen atoms in total. The van der Waals surface area contributed by atoms with Crippen LogP contribution in [-0.4, -0.2) is 77.3 Å². The maximum Gasteiger partial charge on any atom is 0.282 e. The molecule has 2 heterocycles. The van der Waals surface area contributed by atoms with E-state index in [1.54, 1.807) is 9.21 Å². The number of hydrogen-bond donors (Lipinski definition) is 1. The Hall–Kier alpha value is -1.45. The molecule has 1 fully saturated rings. The van der Waals surface area contributed by atoms with Crippen LogP contribution in [0, 0.1) is 6.92 Å². The number of H-pyrrole nitrogens is 1. The van der Waals surface area contributed by atoms with Crippen LogP contribution >= 0.6 is 0 Å². The second-order valence-electron chi connectivity index (χ2n) is 6.41. The number of hydrogen-bond acceptors (Lipinski definition) is 4. The van der Waals surface area contributed by atoms with Gasteiger partial charge in [-0.15, -0.1) is 0 Å². The van der Waals surface area contributed by atoms with Gasteiger partial charge in [-0.3, -0.25) is 9.89 Å². The van der Waals surface area contributed by atoms with E-state index in [0.29, 0.717) is 39.3 Å². The third-order valence-electron chi connectivity index (χ3n) is 4.28. The summed E-state index contributed by atoms with van der Waals surface area (Å²) >= 11 is 0. The Morgan fingerprint density at radius 3 is 2.28 bits per heavy atom. The van der Waals surface area contributed by atoms with Gasteiger partial charge in [-0.05, 0) is 25.8 Å². The van der Waals surface area contributed by atoms with Crippen molar-refractivity contribution in [3.05, 3.63) is 17.5 Å². The summed E-state index contributed by atoms with van der Waals surface area (Å²) in [7, 11) is -3.44. The second-order valence-corrected chi connectivity index (χ2v) is 8.33. The summed E-state index contributed by atoms with van der Waals surface area (Å²) in [6.07, 6.45) is 1.83. The molecule has 2 rings (SSSR count). The summed E-state index contributed by atoms with van der Waals surface area (Å²) in [5.74, 6) is -0.0116. The molecule has 0 atom stereocenters. The topological polar surface area (TPSA) is 89.6 Å². The Kier molecular flexibility index (Phi) is 6.97. The summed E-state index contributed by atoms with van der Waals surface area (Å²) in [5, 5.41) is 6.91. The molecule has 0 bridgehead atoms. The monoisotopic (exact) mass is 371 g/mol. The van der Waals surface area contributed by atoms with Crippen molar-refractivity contribution in [3.63, 3.8) is 0 Å². The van der Waals surface area contributed by atoms with E-state index in [-0.39, 0.29) is 12.3 Å². The fourth-order valence-electron chi connectivity index (χ4n) is 3.00. The van der Waals surface area contributed by atoms with Crippen molar-refractivity contribution >= 4 is 16.1 Å². The first-order chi connectivity index (χ1) is 11.9. The summed E-state index contributed by atoms with van der Waals surface area (Å²) in [6, 6.07) is 1.85. The van der Waals surface area contributed by atoms with Gasteiger partial charge in [0.05, 0.1) is 12.1 Å². The number of amides is 1. The van der Waals surface area contributed by atoms with E-state index in [0.717, 1.165) is 24.2 Å². The summed E-state index contributed by atoms with van der Waals surface area (Å²) in [5.41, 5.74) is 1.64. The molecule has 142 valence electrons. The van der Waals surface area contributed by atoms with E-state index in [2.05, 4.69) is 10.2 Å². The Morgan fingerprint density at radius 2 is 1.80 bits per heavy atom. The average Bonchev–Trinajstić information content (AvgIpc) is 2.99. The number of piperazine rings is 1. The molecule has 1 aromatic heterocycles. The van der Waals surface area contributed by atoms with E-state index in [9.17, 15) is 13.2 Å². The molecule has 1 aliphatic rings. The average molecular weight is 372 g/mol. The van der Waals surface area contributed by atoms with Gasteiger partial charge in [0.25, 0.3) is 10.2 Å². The van der Waals surface area contributed by atoms with Crippen molar-refractivity contribution in [3.8, 4) is 0 Å². The number of aryl methyl sites for hydroxylation is 1. The predicted octanol–water partition coefficient (Wildman–Crippen LogP) is 0.772. The highest BCUT2D eigenvalue weighted by atomic mass is 32.2. The van der Waals surface area contributed by atoms with E-state index in [4.69, 9.17) is 0 Å². The van der Waals surface area contributed by atoms with Crippen molar-refractivity contribution in [1.82, 2.24) is 23.7 Å². The lowest BCUT2D eigenvalue weighted by Crippen LogP contribution is -2.54.